The Morgan fingerprint density at radius 1 is 1.13 bits per heavy atom. The van der Waals surface area contributed by atoms with Crippen LogP contribution >= 0.6 is 0 Å². The summed E-state index contributed by atoms with van der Waals surface area (Å²) >= 11 is 0. The fourth-order valence-corrected chi connectivity index (χ4v) is 3.06. The molecular formula is C18H17NO4. The van der Waals surface area contributed by atoms with Crippen molar-refractivity contribution >= 4 is 16.9 Å². The fourth-order valence-electron chi connectivity index (χ4n) is 3.06. The lowest BCUT2D eigenvalue weighted by molar-refractivity contribution is 0.0697. The number of carbonyl (C=O) groups is 1. The molecule has 0 aliphatic heterocycles. The molecule has 118 valence electrons. The van der Waals surface area contributed by atoms with Crippen molar-refractivity contribution in [3.63, 3.8) is 0 Å². The van der Waals surface area contributed by atoms with E-state index in [2.05, 4.69) is 0 Å². The number of carboxylic acid groups (broad SMARTS) is 1. The second-order valence-corrected chi connectivity index (χ2v) is 5.41. The van der Waals surface area contributed by atoms with Crippen LogP contribution < -0.4 is 0 Å². The second kappa shape index (κ2) is 5.68. The van der Waals surface area contributed by atoms with Gasteiger partial charge in [0.25, 0.3) is 0 Å². The Balaban J connectivity index is 2.28. The van der Waals surface area contributed by atoms with Gasteiger partial charge in [-0.1, -0.05) is 31.2 Å². The lowest BCUT2D eigenvalue weighted by Gasteiger charge is -2.11. The number of carboxylic acids is 1. The maximum atomic E-state index is 11.7. The summed E-state index contributed by atoms with van der Waals surface area (Å²) in [5.74, 6) is -0.809. The smallest absolute Gasteiger partial charge is 0.338 e. The quantitative estimate of drug-likeness (QED) is 0.690. The molecule has 3 N–H and O–H groups in total. The number of phenols is 2. The van der Waals surface area contributed by atoms with Gasteiger partial charge in [-0.2, -0.15) is 0 Å². The molecule has 5 nitrogen and oxygen atoms in total. The Kier molecular flexibility index (Phi) is 3.70. The minimum atomic E-state index is -1.01. The van der Waals surface area contributed by atoms with Crippen molar-refractivity contribution in [1.82, 2.24) is 4.57 Å². The summed E-state index contributed by atoms with van der Waals surface area (Å²) < 4.78 is 1.81. The fraction of sp³-hybridized carbons (Fsp3) is 0.167. The third-order valence-corrected chi connectivity index (χ3v) is 3.97. The third kappa shape index (κ3) is 2.50. The van der Waals surface area contributed by atoms with Gasteiger partial charge < -0.3 is 19.9 Å². The van der Waals surface area contributed by atoms with Crippen LogP contribution in [0, 0.1) is 0 Å². The predicted molar refractivity (Wildman–Crippen MR) is 87.1 cm³/mol. The first-order valence-electron chi connectivity index (χ1n) is 7.37. The van der Waals surface area contributed by atoms with Crippen LogP contribution in [0.2, 0.25) is 0 Å². The summed E-state index contributed by atoms with van der Waals surface area (Å²) in [7, 11) is 0. The van der Waals surface area contributed by atoms with E-state index in [0.29, 0.717) is 29.6 Å². The Morgan fingerprint density at radius 3 is 2.52 bits per heavy atom. The molecule has 3 aromatic rings. The Hall–Kier alpha value is -2.95. The molecule has 0 spiro atoms. The maximum Gasteiger partial charge on any atom is 0.338 e. The van der Waals surface area contributed by atoms with Crippen LogP contribution in [0.5, 0.6) is 11.5 Å². The van der Waals surface area contributed by atoms with Gasteiger partial charge in [0, 0.05) is 17.6 Å². The number of para-hydroxylation sites is 1. The lowest BCUT2D eigenvalue weighted by Crippen LogP contribution is -2.07. The largest absolute Gasteiger partial charge is 0.508 e. The van der Waals surface area contributed by atoms with Gasteiger partial charge in [0.2, 0.25) is 0 Å². The highest BCUT2D eigenvalue weighted by molar-refractivity contribution is 6.06. The third-order valence-electron chi connectivity index (χ3n) is 3.97. The number of phenolic OH excluding ortho intramolecular Hbond substituents is 2. The number of nitrogens with zero attached hydrogens (tertiary/aromatic N) is 1. The monoisotopic (exact) mass is 311 g/mol. The van der Waals surface area contributed by atoms with E-state index in [1.807, 2.05) is 17.6 Å². The van der Waals surface area contributed by atoms with Crippen LogP contribution in [-0.4, -0.2) is 25.9 Å². The number of aromatic nitrogens is 1. The first-order chi connectivity index (χ1) is 11.0. The Bertz CT molecular complexity index is 895. The van der Waals surface area contributed by atoms with Gasteiger partial charge in [0.05, 0.1) is 11.1 Å². The minimum absolute atomic E-state index is 0.0462. The van der Waals surface area contributed by atoms with Crippen molar-refractivity contribution in [2.45, 2.75) is 19.9 Å². The summed E-state index contributed by atoms with van der Waals surface area (Å²) in [6.07, 6.45) is 0.522. The van der Waals surface area contributed by atoms with E-state index in [1.165, 1.54) is 0 Å². The molecule has 2 aromatic carbocycles. The highest BCUT2D eigenvalue weighted by atomic mass is 16.4. The van der Waals surface area contributed by atoms with Crippen LogP contribution in [0.25, 0.3) is 10.9 Å². The average Bonchev–Trinajstić information content (AvgIpc) is 2.82. The van der Waals surface area contributed by atoms with E-state index in [9.17, 15) is 20.1 Å². The topological polar surface area (TPSA) is 82.7 Å². The van der Waals surface area contributed by atoms with E-state index in [0.717, 1.165) is 5.56 Å². The average molecular weight is 311 g/mol. The molecule has 0 bridgehead atoms. The summed E-state index contributed by atoms with van der Waals surface area (Å²) in [4.78, 5) is 11.7. The first-order valence-corrected chi connectivity index (χ1v) is 7.37. The van der Waals surface area contributed by atoms with Gasteiger partial charge in [0.1, 0.15) is 11.5 Å². The number of aromatic hydroxyl groups is 2. The number of aromatic carboxylic acids is 1. The molecule has 0 aliphatic carbocycles. The Morgan fingerprint density at radius 2 is 1.87 bits per heavy atom. The zero-order chi connectivity index (χ0) is 16.6. The predicted octanol–water partition coefficient (Wildman–Crippen LogP) is 3.36. The number of hydrogen-bond acceptors (Lipinski definition) is 3. The molecule has 23 heavy (non-hydrogen) atoms. The molecule has 0 unspecified atom stereocenters. The lowest BCUT2D eigenvalue weighted by atomic mass is 10.1. The highest BCUT2D eigenvalue weighted by Gasteiger charge is 2.22. The van der Waals surface area contributed by atoms with Crippen molar-refractivity contribution in [2.24, 2.45) is 0 Å². The molecule has 1 aromatic heterocycles. The van der Waals surface area contributed by atoms with Crippen molar-refractivity contribution in [2.75, 3.05) is 0 Å². The number of fused-ring (bicyclic) bond motifs is 1. The summed E-state index contributed by atoms with van der Waals surface area (Å²) in [5.41, 5.74) is 2.21. The molecule has 5 heteroatoms. The SMILES string of the molecule is CCc1c(C(=O)O)c2cccc(O)c2n1Cc1cccc(O)c1. The normalized spacial score (nSPS) is 11.0. The molecular weight excluding hydrogens is 294 g/mol. The molecule has 0 saturated carbocycles. The number of hydrogen-bond donors (Lipinski definition) is 3. The van der Waals surface area contributed by atoms with Gasteiger partial charge in [-0.15, -0.1) is 0 Å². The van der Waals surface area contributed by atoms with Gasteiger partial charge in [-0.3, -0.25) is 0 Å². The number of rotatable bonds is 4. The van der Waals surface area contributed by atoms with E-state index < -0.39 is 5.97 Å². The summed E-state index contributed by atoms with van der Waals surface area (Å²) in [5, 5.41) is 30.0. The second-order valence-electron chi connectivity index (χ2n) is 5.41. The van der Waals surface area contributed by atoms with E-state index in [-0.39, 0.29) is 17.1 Å². The maximum absolute atomic E-state index is 11.7. The Labute approximate surface area is 133 Å². The van der Waals surface area contributed by atoms with Gasteiger partial charge in [0.15, 0.2) is 0 Å². The molecule has 0 aliphatic rings. The summed E-state index contributed by atoms with van der Waals surface area (Å²) in [6, 6.07) is 11.7. The molecule has 1 heterocycles. The molecule has 0 amide bonds. The standard InChI is InChI=1S/C18H17NO4/c1-2-14-16(18(22)23)13-7-4-8-15(21)17(13)19(14)10-11-5-3-6-12(20)9-11/h3-9,20-21H,2,10H2,1H3,(H,22,23). The van der Waals surface area contributed by atoms with Crippen molar-refractivity contribution < 1.29 is 20.1 Å². The molecule has 3 rings (SSSR count). The molecule has 0 radical (unpaired) electrons. The van der Waals surface area contributed by atoms with E-state index in [4.69, 9.17) is 0 Å². The molecule has 0 atom stereocenters. The molecule has 0 fully saturated rings. The van der Waals surface area contributed by atoms with Crippen LogP contribution in [-0.2, 0) is 13.0 Å². The molecule has 0 saturated heterocycles. The van der Waals surface area contributed by atoms with Crippen LogP contribution in [0.15, 0.2) is 42.5 Å². The van der Waals surface area contributed by atoms with Crippen molar-refractivity contribution in [3.8, 4) is 11.5 Å². The van der Waals surface area contributed by atoms with Gasteiger partial charge >= 0.3 is 5.97 Å². The van der Waals surface area contributed by atoms with Crippen LogP contribution in [0.4, 0.5) is 0 Å². The van der Waals surface area contributed by atoms with E-state index in [1.54, 1.807) is 36.4 Å². The van der Waals surface area contributed by atoms with Gasteiger partial charge in [-0.25, -0.2) is 4.79 Å². The van der Waals surface area contributed by atoms with Crippen molar-refractivity contribution in [1.29, 1.82) is 0 Å². The summed E-state index contributed by atoms with van der Waals surface area (Å²) in [6.45, 7) is 2.26. The number of benzene rings is 2. The van der Waals surface area contributed by atoms with E-state index >= 15 is 0 Å². The minimum Gasteiger partial charge on any atom is -0.508 e. The first kappa shape index (κ1) is 15.0. The highest BCUT2D eigenvalue weighted by Crippen LogP contribution is 2.33. The van der Waals surface area contributed by atoms with Crippen molar-refractivity contribution in [3.05, 3.63) is 59.3 Å². The van der Waals surface area contributed by atoms with Crippen LogP contribution in [0.1, 0.15) is 28.5 Å². The zero-order valence-corrected chi connectivity index (χ0v) is 12.7. The van der Waals surface area contributed by atoms with Gasteiger partial charge in [-0.05, 0) is 30.2 Å². The zero-order valence-electron chi connectivity index (χ0n) is 12.7. The van der Waals surface area contributed by atoms with Crippen LogP contribution in [0.3, 0.4) is 0 Å².